The molecule has 0 bridgehead atoms. The zero-order chi connectivity index (χ0) is 53.6. The predicted molar refractivity (Wildman–Crippen MR) is 258 cm³/mol. The van der Waals surface area contributed by atoms with Crippen LogP contribution < -0.4 is 0 Å². The Balaban J connectivity index is 1.59. The van der Waals surface area contributed by atoms with Crippen molar-refractivity contribution in [2.24, 2.45) is 0 Å². The number of aromatic hydroxyl groups is 1. The fourth-order valence-electron chi connectivity index (χ4n) is 7.82. The Hall–Kier alpha value is -6.26. The highest BCUT2D eigenvalue weighted by molar-refractivity contribution is 5.98. The van der Waals surface area contributed by atoms with Gasteiger partial charge in [-0.15, -0.1) is 0 Å². The number of nitrogens with zero attached hydrogens (tertiary/aromatic N) is 3. The van der Waals surface area contributed by atoms with Gasteiger partial charge in [-0.2, -0.15) is 0 Å². The Kier molecular flexibility index (Phi) is 7.46. The van der Waals surface area contributed by atoms with Crippen LogP contribution in [0.2, 0.25) is 0 Å². The second kappa shape index (κ2) is 15.6. The molecular formula is C57H59N3O. The molecule has 2 aromatic heterocycles. The zero-order valence-corrected chi connectivity index (χ0v) is 36.0. The number of aromatic nitrogens is 3. The predicted octanol–water partition coefficient (Wildman–Crippen LogP) is 15.5. The molecule has 0 aliphatic heterocycles. The van der Waals surface area contributed by atoms with Gasteiger partial charge in [0.2, 0.25) is 0 Å². The highest BCUT2D eigenvalue weighted by Gasteiger charge is 2.29. The second-order valence-electron chi connectivity index (χ2n) is 18.1. The van der Waals surface area contributed by atoms with Crippen LogP contribution in [0.25, 0.3) is 72.7 Å². The monoisotopic (exact) mass is 814 g/mol. The van der Waals surface area contributed by atoms with Gasteiger partial charge in [0.25, 0.3) is 0 Å². The van der Waals surface area contributed by atoms with Crippen molar-refractivity contribution in [2.45, 2.75) is 98.1 Å². The summed E-state index contributed by atoms with van der Waals surface area (Å²) in [5.41, 5.74) is 1.38. The van der Waals surface area contributed by atoms with Crippen molar-refractivity contribution in [2.75, 3.05) is 0 Å². The number of pyridine rings is 1. The first-order valence-electron chi connectivity index (χ1n) is 26.6. The lowest BCUT2D eigenvalue weighted by molar-refractivity contribution is 0.446. The molecular weight excluding hydrogens is 743 g/mol. The molecule has 0 unspecified atom stereocenters. The van der Waals surface area contributed by atoms with E-state index in [1.165, 1.54) is 12.3 Å². The molecule has 0 aliphatic carbocycles. The van der Waals surface area contributed by atoms with E-state index in [1.807, 2.05) is 122 Å². The van der Waals surface area contributed by atoms with Gasteiger partial charge >= 0.3 is 0 Å². The van der Waals surface area contributed by atoms with Crippen molar-refractivity contribution in [1.82, 2.24) is 14.5 Å². The maximum Gasteiger partial charge on any atom is 0.149 e. The van der Waals surface area contributed by atoms with Crippen LogP contribution in [-0.2, 0) is 16.2 Å². The van der Waals surface area contributed by atoms with Crippen LogP contribution in [0, 0.1) is 0 Å². The van der Waals surface area contributed by atoms with Gasteiger partial charge in [0.15, 0.2) is 0 Å². The van der Waals surface area contributed by atoms with Crippen LogP contribution in [0.4, 0.5) is 0 Å². The molecule has 0 aliphatic rings. The van der Waals surface area contributed by atoms with Crippen molar-refractivity contribution < 1.29 is 21.6 Å². The Labute approximate surface area is 379 Å². The van der Waals surface area contributed by atoms with Crippen LogP contribution in [0.1, 0.15) is 121 Å². The largest absolute Gasteiger partial charge is 0.507 e. The van der Waals surface area contributed by atoms with Crippen molar-refractivity contribution in [3.05, 3.63) is 168 Å². The Morgan fingerprint density at radius 2 is 1.30 bits per heavy atom. The van der Waals surface area contributed by atoms with Crippen LogP contribution in [0.5, 0.6) is 5.75 Å². The standard InChI is InChI=1S/C57H59N3O/c1-36(2)39-25-26-50(46(32-39)38-21-16-13-17-22-38)60-51-24-18-23-45(52(51)59-54(60)47-34-44(56(6,7)8)35-48(53(47)61)57(9,10)11)41-29-42(31-43(30-41)55(3,4)5)49-33-40(27-28-58-49)37-19-14-12-15-20-37/h12-36,61H,1-11H3/i3D3,4D3,5D3,30D,31D,36D. The Morgan fingerprint density at radius 1 is 0.607 bits per heavy atom. The first-order chi connectivity index (χ1) is 33.8. The van der Waals surface area contributed by atoms with Gasteiger partial charge in [-0.3, -0.25) is 9.55 Å². The normalized spacial score (nSPS) is 16.1. The van der Waals surface area contributed by atoms with E-state index in [-0.39, 0.29) is 39.5 Å². The quantitative estimate of drug-likeness (QED) is 0.174. The Morgan fingerprint density at radius 3 is 1.95 bits per heavy atom. The zero-order valence-electron chi connectivity index (χ0n) is 48.0. The van der Waals surface area contributed by atoms with Crippen molar-refractivity contribution >= 4 is 11.0 Å². The van der Waals surface area contributed by atoms with E-state index >= 15 is 0 Å². The van der Waals surface area contributed by atoms with Gasteiger partial charge < -0.3 is 5.11 Å². The smallest absolute Gasteiger partial charge is 0.149 e. The van der Waals surface area contributed by atoms with Gasteiger partial charge in [0.1, 0.15) is 11.6 Å². The van der Waals surface area contributed by atoms with Gasteiger partial charge in [0, 0.05) is 42.2 Å². The number of hydrogen-bond acceptors (Lipinski definition) is 3. The number of fused-ring (bicyclic) bond motifs is 1. The third-order valence-electron chi connectivity index (χ3n) is 11.2. The fraction of sp³-hybridized carbons (Fsp3) is 0.263. The third kappa shape index (κ3) is 8.16. The first kappa shape index (κ1) is 29.1. The summed E-state index contributed by atoms with van der Waals surface area (Å²) in [5, 5.41) is 12.6. The Bertz CT molecular complexity index is 3350. The van der Waals surface area contributed by atoms with E-state index in [0.29, 0.717) is 27.9 Å². The molecule has 0 fully saturated rings. The summed E-state index contributed by atoms with van der Waals surface area (Å²) in [4.78, 5) is 9.99. The summed E-state index contributed by atoms with van der Waals surface area (Å²) in [6, 6.07) is 37.1. The van der Waals surface area contributed by atoms with Gasteiger partial charge in [-0.25, -0.2) is 4.98 Å². The molecule has 1 N–H and O–H groups in total. The minimum Gasteiger partial charge on any atom is -0.507 e. The lowest BCUT2D eigenvalue weighted by Crippen LogP contribution is -2.17. The molecule has 4 nitrogen and oxygen atoms in total. The van der Waals surface area contributed by atoms with E-state index in [9.17, 15) is 7.85 Å². The molecule has 0 atom stereocenters. The number of phenols is 1. The lowest BCUT2D eigenvalue weighted by atomic mass is 9.79. The van der Waals surface area contributed by atoms with Crippen molar-refractivity contribution in [3.63, 3.8) is 0 Å². The summed E-state index contributed by atoms with van der Waals surface area (Å²) < 4.78 is 110. The summed E-state index contributed by atoms with van der Waals surface area (Å²) >= 11 is 0. The van der Waals surface area contributed by atoms with E-state index in [4.69, 9.17) is 18.7 Å². The topological polar surface area (TPSA) is 50.9 Å². The van der Waals surface area contributed by atoms with Crippen molar-refractivity contribution in [3.8, 4) is 67.5 Å². The fourth-order valence-corrected chi connectivity index (χ4v) is 7.82. The van der Waals surface area contributed by atoms with Crippen LogP contribution >= 0.6 is 0 Å². The summed E-state index contributed by atoms with van der Waals surface area (Å²) in [5.74, 6) is -0.729. The SMILES string of the molecule is [2H]c1c(-c2cc(-c3ccccc3)ccn2)cc(-c2cccc3c2nc(-c2cc(C(C)(C)C)cc(C(C)(C)C)c2O)n3-c2ccc(C([2H])(C)C)cc2-c2ccccc2)c([2H])c1C(C([2H])([2H])[2H])(C([2H])([2H])[2H])C([2H])([2H])[2H]. The third-order valence-corrected chi connectivity index (χ3v) is 11.2. The van der Waals surface area contributed by atoms with Gasteiger partial charge in [-0.05, 0) is 110 Å². The molecule has 6 aromatic carbocycles. The molecule has 0 radical (unpaired) electrons. The lowest BCUT2D eigenvalue weighted by Gasteiger charge is -2.27. The number of rotatable bonds is 7. The second-order valence-corrected chi connectivity index (χ2v) is 18.1. The van der Waals surface area contributed by atoms with Gasteiger partial charge in [0.05, 0.1) is 30.7 Å². The molecule has 308 valence electrons. The number of hydrogen-bond donors (Lipinski definition) is 1. The number of benzene rings is 6. The maximum absolute atomic E-state index is 12.6. The minimum absolute atomic E-state index is 0.0183. The van der Waals surface area contributed by atoms with E-state index in [1.54, 1.807) is 38.1 Å². The number of imidazole rings is 1. The summed E-state index contributed by atoms with van der Waals surface area (Å²) in [6.07, 6.45) is 1.49. The molecule has 4 heteroatoms. The van der Waals surface area contributed by atoms with E-state index < -0.39 is 60.3 Å². The van der Waals surface area contributed by atoms with E-state index in [0.717, 1.165) is 27.8 Å². The minimum atomic E-state index is -3.81. The molecule has 0 saturated carbocycles. The molecule has 8 aromatic rings. The van der Waals surface area contributed by atoms with Gasteiger partial charge in [-0.1, -0.05) is 167 Å². The number of para-hydroxylation sites is 1. The van der Waals surface area contributed by atoms with Crippen LogP contribution in [0.15, 0.2) is 146 Å². The average molecular weight is 814 g/mol. The summed E-state index contributed by atoms with van der Waals surface area (Å²) in [6.45, 7) is 4.46. The molecule has 8 rings (SSSR count). The molecule has 0 amide bonds. The highest BCUT2D eigenvalue weighted by atomic mass is 16.3. The maximum atomic E-state index is 12.6. The van der Waals surface area contributed by atoms with E-state index in [2.05, 4.69) is 25.8 Å². The highest BCUT2D eigenvalue weighted by Crippen LogP contribution is 2.46. The van der Waals surface area contributed by atoms with Crippen molar-refractivity contribution in [1.29, 1.82) is 0 Å². The molecule has 0 spiro atoms. The summed E-state index contributed by atoms with van der Waals surface area (Å²) in [7, 11) is 0. The van der Waals surface area contributed by atoms with Crippen LogP contribution in [-0.4, -0.2) is 19.6 Å². The molecule has 2 heterocycles. The molecule has 0 saturated heterocycles. The molecule has 61 heavy (non-hydrogen) atoms. The number of phenolic OH excluding ortho intramolecular Hbond substituents is 1. The first-order valence-corrected chi connectivity index (χ1v) is 20.6. The van der Waals surface area contributed by atoms with Crippen LogP contribution in [0.3, 0.4) is 0 Å². The average Bonchev–Trinajstić information content (AvgIpc) is 3.68.